The van der Waals surface area contributed by atoms with E-state index < -0.39 is 11.9 Å². The first-order chi connectivity index (χ1) is 12.0. The highest BCUT2D eigenvalue weighted by molar-refractivity contribution is 7.09. The van der Waals surface area contributed by atoms with Crippen LogP contribution in [0.1, 0.15) is 10.6 Å². The van der Waals surface area contributed by atoms with Crippen LogP contribution in [0.2, 0.25) is 0 Å². The fourth-order valence-corrected chi connectivity index (χ4v) is 2.83. The van der Waals surface area contributed by atoms with Gasteiger partial charge in [0.25, 0.3) is 0 Å². The van der Waals surface area contributed by atoms with Crippen LogP contribution in [0.25, 0.3) is 11.3 Å². The van der Waals surface area contributed by atoms with Crippen molar-refractivity contribution < 1.29 is 17.9 Å². The molecule has 0 saturated carbocycles. The molecule has 0 bridgehead atoms. The largest absolute Gasteiger partial charge is 0.497 e. The number of nitrogens with one attached hydrogen (secondary N) is 1. The molecule has 0 amide bonds. The van der Waals surface area contributed by atoms with Crippen LogP contribution in [0.4, 0.5) is 19.1 Å². The van der Waals surface area contributed by atoms with Gasteiger partial charge in [0.05, 0.1) is 19.3 Å². The molecule has 1 N–H and O–H groups in total. The molecule has 130 valence electrons. The Balaban J connectivity index is 1.97. The van der Waals surface area contributed by atoms with E-state index in [1.54, 1.807) is 24.3 Å². The summed E-state index contributed by atoms with van der Waals surface area (Å²) in [5, 5.41) is 4.75. The minimum atomic E-state index is -4.56. The van der Waals surface area contributed by atoms with Gasteiger partial charge < -0.3 is 10.1 Å². The molecule has 3 aromatic rings. The standard InChI is InChI=1S/C17H14F3N3OS/c1-24-12-5-2-4-11(8-12)14-9-15(17(18,19)20)23-16(22-14)21-10-13-6-3-7-25-13/h2-9H,10H2,1H3,(H,21,22,23). The Morgan fingerprint density at radius 1 is 1.12 bits per heavy atom. The summed E-state index contributed by atoms with van der Waals surface area (Å²) in [6, 6.07) is 11.4. The van der Waals surface area contributed by atoms with Crippen molar-refractivity contribution >= 4 is 17.3 Å². The van der Waals surface area contributed by atoms with E-state index in [9.17, 15) is 13.2 Å². The van der Waals surface area contributed by atoms with Crippen LogP contribution in [-0.4, -0.2) is 17.1 Å². The van der Waals surface area contributed by atoms with Crippen molar-refractivity contribution in [3.8, 4) is 17.0 Å². The highest BCUT2D eigenvalue weighted by Gasteiger charge is 2.33. The molecule has 0 fully saturated rings. The van der Waals surface area contributed by atoms with Gasteiger partial charge in [0.1, 0.15) is 5.75 Å². The molecule has 25 heavy (non-hydrogen) atoms. The Labute approximate surface area is 146 Å². The monoisotopic (exact) mass is 365 g/mol. The van der Waals surface area contributed by atoms with E-state index in [2.05, 4.69) is 15.3 Å². The summed E-state index contributed by atoms with van der Waals surface area (Å²) in [6.07, 6.45) is -4.56. The third kappa shape index (κ3) is 4.27. The third-order valence-electron chi connectivity index (χ3n) is 3.38. The van der Waals surface area contributed by atoms with Gasteiger partial charge in [0.2, 0.25) is 5.95 Å². The van der Waals surface area contributed by atoms with Crippen LogP contribution in [-0.2, 0) is 12.7 Å². The molecular weight excluding hydrogens is 351 g/mol. The predicted octanol–water partition coefficient (Wildman–Crippen LogP) is 4.84. The molecule has 0 aliphatic carbocycles. The summed E-state index contributed by atoms with van der Waals surface area (Å²) in [4.78, 5) is 8.79. The number of thiophene rings is 1. The van der Waals surface area contributed by atoms with Crippen LogP contribution in [0, 0.1) is 0 Å². The first-order valence-corrected chi connectivity index (χ1v) is 8.20. The smallest absolute Gasteiger partial charge is 0.433 e. The first-order valence-electron chi connectivity index (χ1n) is 7.32. The van der Waals surface area contributed by atoms with Crippen molar-refractivity contribution in [1.82, 2.24) is 9.97 Å². The second-order valence-electron chi connectivity index (χ2n) is 5.12. The molecule has 3 rings (SSSR count). The molecule has 0 saturated heterocycles. The number of benzene rings is 1. The number of nitrogens with zero attached hydrogens (tertiary/aromatic N) is 2. The van der Waals surface area contributed by atoms with E-state index in [0.29, 0.717) is 17.9 Å². The number of hydrogen-bond acceptors (Lipinski definition) is 5. The van der Waals surface area contributed by atoms with Gasteiger partial charge in [-0.3, -0.25) is 0 Å². The number of alkyl halides is 3. The molecule has 0 radical (unpaired) electrons. The van der Waals surface area contributed by atoms with E-state index in [-0.39, 0.29) is 11.6 Å². The van der Waals surface area contributed by atoms with Crippen molar-refractivity contribution in [3.63, 3.8) is 0 Å². The number of aromatic nitrogens is 2. The van der Waals surface area contributed by atoms with Gasteiger partial charge in [-0.25, -0.2) is 9.97 Å². The normalized spacial score (nSPS) is 11.4. The van der Waals surface area contributed by atoms with Crippen molar-refractivity contribution in [2.24, 2.45) is 0 Å². The second-order valence-corrected chi connectivity index (χ2v) is 6.16. The van der Waals surface area contributed by atoms with E-state index in [0.717, 1.165) is 10.9 Å². The van der Waals surface area contributed by atoms with Crippen LogP contribution < -0.4 is 10.1 Å². The zero-order valence-corrected chi connectivity index (χ0v) is 14.0. The quantitative estimate of drug-likeness (QED) is 0.702. The summed E-state index contributed by atoms with van der Waals surface area (Å²) in [6.45, 7) is 0.358. The fourth-order valence-electron chi connectivity index (χ4n) is 2.18. The SMILES string of the molecule is COc1cccc(-c2cc(C(F)(F)F)nc(NCc3cccs3)n2)c1. The molecule has 2 aromatic heterocycles. The summed E-state index contributed by atoms with van der Waals surface area (Å²) < 4.78 is 44.7. The van der Waals surface area contributed by atoms with Crippen molar-refractivity contribution in [3.05, 3.63) is 58.4 Å². The number of hydrogen-bond donors (Lipinski definition) is 1. The number of halogens is 3. The van der Waals surface area contributed by atoms with E-state index in [1.165, 1.54) is 18.4 Å². The van der Waals surface area contributed by atoms with Crippen LogP contribution in [0.3, 0.4) is 0 Å². The van der Waals surface area contributed by atoms with Gasteiger partial charge in [-0.05, 0) is 29.6 Å². The van der Waals surface area contributed by atoms with Gasteiger partial charge in [0.15, 0.2) is 5.69 Å². The topological polar surface area (TPSA) is 47.0 Å². The number of methoxy groups -OCH3 is 1. The number of anilines is 1. The molecule has 1 aromatic carbocycles. The summed E-state index contributed by atoms with van der Waals surface area (Å²) in [5.74, 6) is 0.471. The van der Waals surface area contributed by atoms with Gasteiger partial charge in [-0.1, -0.05) is 18.2 Å². The lowest BCUT2D eigenvalue weighted by atomic mass is 10.1. The first kappa shape index (κ1) is 17.2. The lowest BCUT2D eigenvalue weighted by Crippen LogP contribution is -2.12. The third-order valence-corrected chi connectivity index (χ3v) is 4.26. The second kappa shape index (κ2) is 7.10. The van der Waals surface area contributed by atoms with Crippen LogP contribution in [0.15, 0.2) is 47.8 Å². The molecule has 2 heterocycles. The Hall–Kier alpha value is -2.61. The number of ether oxygens (including phenoxy) is 1. The molecule has 8 heteroatoms. The fraction of sp³-hybridized carbons (Fsp3) is 0.176. The molecule has 0 unspecified atom stereocenters. The average molecular weight is 365 g/mol. The van der Waals surface area contributed by atoms with E-state index in [4.69, 9.17) is 4.74 Å². The van der Waals surface area contributed by atoms with Crippen molar-refractivity contribution in [1.29, 1.82) is 0 Å². The summed E-state index contributed by atoms with van der Waals surface area (Å²) in [5.41, 5.74) is -0.296. The van der Waals surface area contributed by atoms with Gasteiger partial charge in [-0.15, -0.1) is 11.3 Å². The maximum Gasteiger partial charge on any atom is 0.433 e. The molecular formula is C17H14F3N3OS. The molecule has 0 spiro atoms. The maximum absolute atomic E-state index is 13.2. The zero-order valence-electron chi connectivity index (χ0n) is 13.2. The van der Waals surface area contributed by atoms with Crippen LogP contribution >= 0.6 is 11.3 Å². The van der Waals surface area contributed by atoms with Crippen LogP contribution in [0.5, 0.6) is 5.75 Å². The maximum atomic E-state index is 13.2. The highest BCUT2D eigenvalue weighted by atomic mass is 32.1. The molecule has 0 aliphatic heterocycles. The summed E-state index contributed by atoms with van der Waals surface area (Å²) in [7, 11) is 1.49. The summed E-state index contributed by atoms with van der Waals surface area (Å²) >= 11 is 1.50. The Morgan fingerprint density at radius 2 is 1.96 bits per heavy atom. The Bertz CT molecular complexity index is 851. The zero-order chi connectivity index (χ0) is 17.9. The lowest BCUT2D eigenvalue weighted by Gasteiger charge is -2.12. The molecule has 0 atom stereocenters. The van der Waals surface area contributed by atoms with E-state index >= 15 is 0 Å². The van der Waals surface area contributed by atoms with Gasteiger partial charge in [-0.2, -0.15) is 13.2 Å². The minimum Gasteiger partial charge on any atom is -0.497 e. The Kier molecular flexibility index (Phi) is 4.89. The number of rotatable bonds is 5. The average Bonchev–Trinajstić information content (AvgIpc) is 3.12. The molecule has 0 aliphatic rings. The van der Waals surface area contributed by atoms with Gasteiger partial charge in [0, 0.05) is 10.4 Å². The lowest BCUT2D eigenvalue weighted by molar-refractivity contribution is -0.141. The Morgan fingerprint density at radius 3 is 2.64 bits per heavy atom. The molecule has 4 nitrogen and oxygen atoms in total. The predicted molar refractivity (Wildman–Crippen MR) is 90.7 cm³/mol. The van der Waals surface area contributed by atoms with Crippen molar-refractivity contribution in [2.75, 3.05) is 12.4 Å². The van der Waals surface area contributed by atoms with Gasteiger partial charge >= 0.3 is 6.18 Å². The van der Waals surface area contributed by atoms with E-state index in [1.807, 2.05) is 17.5 Å². The highest BCUT2D eigenvalue weighted by Crippen LogP contribution is 2.32. The van der Waals surface area contributed by atoms with Crippen molar-refractivity contribution in [2.45, 2.75) is 12.7 Å². The minimum absolute atomic E-state index is 0.0685.